The Balaban J connectivity index is 2.49. The van der Waals surface area contributed by atoms with Crippen molar-refractivity contribution in [2.45, 2.75) is 25.9 Å². The average Bonchev–Trinajstić information content (AvgIpc) is 2.66. The van der Waals surface area contributed by atoms with Crippen LogP contribution in [0.2, 0.25) is 0 Å². The van der Waals surface area contributed by atoms with E-state index in [1.54, 1.807) is 9.13 Å². The van der Waals surface area contributed by atoms with E-state index >= 15 is 0 Å². The summed E-state index contributed by atoms with van der Waals surface area (Å²) in [5.41, 5.74) is 1.98. The largest absolute Gasteiger partial charge is 0.329 e. The number of benzene rings is 1. The van der Waals surface area contributed by atoms with Crippen LogP contribution in [0.4, 0.5) is 0 Å². The Kier molecular flexibility index (Phi) is 4.72. The van der Waals surface area contributed by atoms with Crippen LogP contribution in [-0.2, 0) is 13.1 Å². The quantitative estimate of drug-likeness (QED) is 0.750. The van der Waals surface area contributed by atoms with E-state index in [9.17, 15) is 4.79 Å². The molecule has 0 radical (unpaired) electrons. The van der Waals surface area contributed by atoms with E-state index in [-0.39, 0.29) is 5.69 Å². The van der Waals surface area contributed by atoms with E-state index in [1.807, 2.05) is 24.3 Å². The minimum atomic E-state index is 0.0337. The fraction of sp³-hybridized carbons (Fsp3) is 0.462. The molecule has 5 heteroatoms. The fourth-order valence-corrected chi connectivity index (χ4v) is 2.38. The smallest absolute Gasteiger partial charge is 0.292 e. The maximum absolute atomic E-state index is 12.3. The minimum Gasteiger partial charge on any atom is -0.292 e. The van der Waals surface area contributed by atoms with Crippen molar-refractivity contribution < 1.29 is 0 Å². The number of para-hydroxylation sites is 2. The third-order valence-corrected chi connectivity index (χ3v) is 3.49. The number of nitrogens with zero attached hydrogens (tertiary/aromatic N) is 2. The number of alkyl halides is 2. The Hall–Kier alpha value is -0.930. The average molecular weight is 287 g/mol. The standard InChI is InChI=1S/C13H16Cl2N2O/c14-7-3-9-16-11-5-1-2-6-12(11)17(13(16)18)10-4-8-15/h1-2,5-6H,3-4,7-10H2. The van der Waals surface area contributed by atoms with Crippen molar-refractivity contribution in [3.63, 3.8) is 0 Å². The first-order valence-corrected chi connectivity index (χ1v) is 7.16. The molecule has 0 aliphatic heterocycles. The summed E-state index contributed by atoms with van der Waals surface area (Å²) in [6, 6.07) is 7.85. The number of rotatable bonds is 6. The first-order chi connectivity index (χ1) is 8.79. The van der Waals surface area contributed by atoms with Crippen LogP contribution in [0.1, 0.15) is 12.8 Å². The van der Waals surface area contributed by atoms with Gasteiger partial charge in [-0.25, -0.2) is 4.79 Å². The van der Waals surface area contributed by atoms with Crippen LogP contribution in [0, 0.1) is 0 Å². The van der Waals surface area contributed by atoms with Gasteiger partial charge < -0.3 is 0 Å². The van der Waals surface area contributed by atoms with Gasteiger partial charge in [0.05, 0.1) is 11.0 Å². The van der Waals surface area contributed by atoms with Gasteiger partial charge in [-0.1, -0.05) is 12.1 Å². The Morgan fingerprint density at radius 3 is 1.72 bits per heavy atom. The lowest BCUT2D eigenvalue weighted by atomic mass is 10.3. The molecule has 0 unspecified atom stereocenters. The molecule has 18 heavy (non-hydrogen) atoms. The predicted molar refractivity (Wildman–Crippen MR) is 76.9 cm³/mol. The summed E-state index contributed by atoms with van der Waals surface area (Å²) in [5.74, 6) is 1.13. The van der Waals surface area contributed by atoms with E-state index in [4.69, 9.17) is 23.2 Å². The lowest BCUT2D eigenvalue weighted by Gasteiger charge is -2.00. The van der Waals surface area contributed by atoms with Crippen LogP contribution in [0.3, 0.4) is 0 Å². The highest BCUT2D eigenvalue weighted by atomic mass is 35.5. The second-order valence-electron chi connectivity index (χ2n) is 4.16. The van der Waals surface area contributed by atoms with Crippen molar-refractivity contribution in [3.8, 4) is 0 Å². The van der Waals surface area contributed by atoms with Crippen molar-refractivity contribution in [2.75, 3.05) is 11.8 Å². The second-order valence-corrected chi connectivity index (χ2v) is 4.92. The van der Waals surface area contributed by atoms with Gasteiger partial charge in [-0.2, -0.15) is 0 Å². The number of aromatic nitrogens is 2. The van der Waals surface area contributed by atoms with Crippen LogP contribution in [-0.4, -0.2) is 20.9 Å². The molecule has 1 aromatic carbocycles. The van der Waals surface area contributed by atoms with Crippen molar-refractivity contribution in [2.24, 2.45) is 0 Å². The molecule has 1 aromatic heterocycles. The van der Waals surface area contributed by atoms with Gasteiger partial charge in [0.25, 0.3) is 0 Å². The Morgan fingerprint density at radius 2 is 1.33 bits per heavy atom. The lowest BCUT2D eigenvalue weighted by molar-refractivity contribution is 0.610. The first-order valence-electron chi connectivity index (χ1n) is 6.09. The summed E-state index contributed by atoms with van der Waals surface area (Å²) < 4.78 is 3.60. The number of halogens is 2. The van der Waals surface area contributed by atoms with E-state index in [0.29, 0.717) is 24.8 Å². The molecule has 2 rings (SSSR count). The van der Waals surface area contributed by atoms with Crippen LogP contribution in [0.5, 0.6) is 0 Å². The summed E-state index contributed by atoms with van der Waals surface area (Å²) in [7, 11) is 0. The first kappa shape index (κ1) is 13.5. The van der Waals surface area contributed by atoms with Crippen LogP contribution >= 0.6 is 23.2 Å². The highest BCUT2D eigenvalue weighted by Gasteiger charge is 2.11. The number of fused-ring (bicyclic) bond motifs is 1. The molecule has 1 heterocycles. The van der Waals surface area contributed by atoms with Crippen LogP contribution in [0.15, 0.2) is 29.1 Å². The van der Waals surface area contributed by atoms with Gasteiger partial charge in [0.1, 0.15) is 0 Å². The highest BCUT2D eigenvalue weighted by molar-refractivity contribution is 6.18. The van der Waals surface area contributed by atoms with Gasteiger partial charge in [-0.3, -0.25) is 9.13 Å². The monoisotopic (exact) mass is 286 g/mol. The van der Waals surface area contributed by atoms with Crippen molar-refractivity contribution in [3.05, 3.63) is 34.7 Å². The zero-order valence-corrected chi connectivity index (χ0v) is 11.6. The summed E-state index contributed by atoms with van der Waals surface area (Å²) >= 11 is 11.4. The normalized spacial score (nSPS) is 11.2. The Labute approximate surface area is 116 Å². The third kappa shape index (κ3) is 2.57. The molecule has 0 amide bonds. The summed E-state index contributed by atoms with van der Waals surface area (Å²) in [6.07, 6.45) is 1.59. The molecule has 3 nitrogen and oxygen atoms in total. The Bertz CT molecular complexity index is 526. The van der Waals surface area contributed by atoms with Crippen molar-refractivity contribution in [1.82, 2.24) is 9.13 Å². The van der Waals surface area contributed by atoms with Crippen LogP contribution in [0.25, 0.3) is 11.0 Å². The number of imidazole rings is 1. The number of aryl methyl sites for hydroxylation is 2. The van der Waals surface area contributed by atoms with E-state index in [2.05, 4.69) is 0 Å². The van der Waals surface area contributed by atoms with Crippen molar-refractivity contribution >= 4 is 34.2 Å². The molecular weight excluding hydrogens is 271 g/mol. The number of hydrogen-bond donors (Lipinski definition) is 0. The van der Waals surface area contributed by atoms with Gasteiger partial charge in [0.2, 0.25) is 0 Å². The molecule has 0 N–H and O–H groups in total. The molecule has 0 bridgehead atoms. The summed E-state index contributed by atoms with van der Waals surface area (Å²) in [4.78, 5) is 12.3. The third-order valence-electron chi connectivity index (χ3n) is 2.96. The van der Waals surface area contributed by atoms with Gasteiger partial charge in [0, 0.05) is 24.8 Å². The maximum Gasteiger partial charge on any atom is 0.329 e. The van der Waals surface area contributed by atoms with Gasteiger partial charge in [-0.05, 0) is 25.0 Å². The molecule has 98 valence electrons. The fourth-order valence-electron chi connectivity index (χ4n) is 2.14. The van der Waals surface area contributed by atoms with Crippen molar-refractivity contribution in [1.29, 1.82) is 0 Å². The number of hydrogen-bond acceptors (Lipinski definition) is 1. The molecular formula is C13H16Cl2N2O. The topological polar surface area (TPSA) is 26.9 Å². The highest BCUT2D eigenvalue weighted by Crippen LogP contribution is 2.13. The van der Waals surface area contributed by atoms with E-state index in [1.165, 1.54) is 0 Å². The molecule has 0 aliphatic rings. The Morgan fingerprint density at radius 1 is 0.889 bits per heavy atom. The van der Waals surface area contributed by atoms with Crippen LogP contribution < -0.4 is 5.69 Å². The van der Waals surface area contributed by atoms with Gasteiger partial charge >= 0.3 is 5.69 Å². The SMILES string of the molecule is O=c1n(CCCCl)c2ccccc2n1CCCCl. The lowest BCUT2D eigenvalue weighted by Crippen LogP contribution is -2.24. The molecule has 0 atom stereocenters. The molecule has 0 saturated carbocycles. The molecule has 2 aromatic rings. The molecule has 0 saturated heterocycles. The van der Waals surface area contributed by atoms with E-state index < -0.39 is 0 Å². The molecule has 0 spiro atoms. The second kappa shape index (κ2) is 6.30. The summed E-state index contributed by atoms with van der Waals surface area (Å²) in [5, 5.41) is 0. The minimum absolute atomic E-state index is 0.0337. The van der Waals surface area contributed by atoms with Gasteiger partial charge in [0.15, 0.2) is 0 Å². The maximum atomic E-state index is 12.3. The zero-order chi connectivity index (χ0) is 13.0. The van der Waals surface area contributed by atoms with Gasteiger partial charge in [-0.15, -0.1) is 23.2 Å². The van der Waals surface area contributed by atoms with E-state index in [0.717, 1.165) is 23.9 Å². The molecule has 0 fully saturated rings. The zero-order valence-electron chi connectivity index (χ0n) is 10.1. The molecule has 0 aliphatic carbocycles. The predicted octanol–water partition coefficient (Wildman–Crippen LogP) is 3.06. The summed E-state index contributed by atoms with van der Waals surface area (Å²) in [6.45, 7) is 1.33.